The first-order valence-electron chi connectivity index (χ1n) is 6.27. The van der Waals surface area contributed by atoms with Crippen LogP contribution < -0.4 is 4.74 Å². The lowest BCUT2D eigenvalue weighted by molar-refractivity contribution is -0.133. The van der Waals surface area contributed by atoms with Crippen LogP contribution in [0.15, 0.2) is 41.5 Å². The number of aliphatic carboxylic acids is 1. The molecule has 1 amide bonds. The first-order valence-corrected chi connectivity index (χ1v) is 6.27. The van der Waals surface area contributed by atoms with E-state index in [2.05, 4.69) is 0 Å². The minimum absolute atomic E-state index is 0.0610. The highest BCUT2D eigenvalue weighted by molar-refractivity contribution is 6.01. The molecule has 1 aromatic carbocycles. The second kappa shape index (κ2) is 7.33. The Bertz CT molecular complexity index is 508. The zero-order valence-corrected chi connectivity index (χ0v) is 11.9. The van der Waals surface area contributed by atoms with Gasteiger partial charge in [0.25, 0.3) is 0 Å². The first-order chi connectivity index (χ1) is 9.43. The minimum atomic E-state index is -1.08. The largest absolute Gasteiger partial charge is 0.492 e. The summed E-state index contributed by atoms with van der Waals surface area (Å²) < 4.78 is 5.49. The van der Waals surface area contributed by atoms with Crippen LogP contribution in [0.2, 0.25) is 0 Å². The molecule has 0 spiro atoms. The zero-order chi connectivity index (χ0) is 15.1. The quantitative estimate of drug-likeness (QED) is 0.807. The number of carbonyl (C=O) groups is 2. The van der Waals surface area contributed by atoms with E-state index in [-0.39, 0.29) is 17.1 Å². The normalized spacial score (nSPS) is 11.6. The maximum Gasteiger partial charge on any atom is 0.331 e. The van der Waals surface area contributed by atoms with Gasteiger partial charge >= 0.3 is 5.97 Å². The predicted octanol–water partition coefficient (Wildman–Crippen LogP) is 1.94. The lowest BCUT2D eigenvalue weighted by atomic mass is 10.1. The molecule has 5 nitrogen and oxygen atoms in total. The molecular weight excluding hydrogens is 258 g/mol. The van der Waals surface area contributed by atoms with Crippen molar-refractivity contribution in [3.05, 3.63) is 41.5 Å². The molecule has 0 atom stereocenters. The van der Waals surface area contributed by atoms with Crippen molar-refractivity contribution in [2.45, 2.75) is 13.8 Å². The van der Waals surface area contributed by atoms with Crippen molar-refractivity contribution in [3.8, 4) is 5.75 Å². The van der Waals surface area contributed by atoms with Gasteiger partial charge in [0.1, 0.15) is 12.4 Å². The molecule has 0 aliphatic rings. The Morgan fingerprint density at radius 2 is 1.75 bits per heavy atom. The van der Waals surface area contributed by atoms with Crippen LogP contribution >= 0.6 is 0 Å². The number of likely N-dealkylation sites (N-methyl/N-ethyl adjacent to an activating group) is 1. The Hall–Kier alpha value is -2.30. The number of carboxylic acids is 1. The molecule has 1 N–H and O–H groups in total. The third kappa shape index (κ3) is 4.42. The highest BCUT2D eigenvalue weighted by atomic mass is 16.5. The second-order valence-electron chi connectivity index (χ2n) is 4.44. The molecule has 1 rings (SSSR count). The van der Waals surface area contributed by atoms with Gasteiger partial charge in [0.2, 0.25) is 5.91 Å². The number of benzene rings is 1. The molecule has 0 aliphatic heterocycles. The summed E-state index contributed by atoms with van der Waals surface area (Å²) in [7, 11) is 1.62. The second-order valence-corrected chi connectivity index (χ2v) is 4.44. The molecular formula is C15H19NO4. The molecule has 0 bridgehead atoms. The Morgan fingerprint density at radius 3 is 2.30 bits per heavy atom. The van der Waals surface area contributed by atoms with Gasteiger partial charge in [-0.25, -0.2) is 4.79 Å². The molecule has 0 fully saturated rings. The third-order valence-electron chi connectivity index (χ3n) is 2.99. The number of ether oxygens (including phenoxy) is 1. The van der Waals surface area contributed by atoms with E-state index in [1.807, 2.05) is 30.3 Å². The summed E-state index contributed by atoms with van der Waals surface area (Å²) in [5.74, 6) is -0.645. The summed E-state index contributed by atoms with van der Waals surface area (Å²) in [6.07, 6.45) is 0. The summed E-state index contributed by atoms with van der Waals surface area (Å²) in [6, 6.07) is 9.30. The highest BCUT2D eigenvalue weighted by Crippen LogP contribution is 2.09. The molecule has 1 aromatic rings. The molecule has 0 radical (unpaired) electrons. The van der Waals surface area contributed by atoms with E-state index >= 15 is 0 Å². The van der Waals surface area contributed by atoms with Crippen molar-refractivity contribution in [1.29, 1.82) is 0 Å². The highest BCUT2D eigenvalue weighted by Gasteiger charge is 2.16. The Labute approximate surface area is 118 Å². The van der Waals surface area contributed by atoms with E-state index in [1.54, 1.807) is 7.05 Å². The fourth-order valence-electron chi connectivity index (χ4n) is 1.53. The van der Waals surface area contributed by atoms with Gasteiger partial charge in [-0.15, -0.1) is 0 Å². The van der Waals surface area contributed by atoms with E-state index in [4.69, 9.17) is 9.84 Å². The van der Waals surface area contributed by atoms with Crippen LogP contribution in [0, 0.1) is 0 Å². The van der Waals surface area contributed by atoms with E-state index in [0.29, 0.717) is 13.2 Å². The standard InChI is InChI=1S/C15H19NO4/c1-11(12(2)15(18)19)14(17)16(3)9-10-20-13-7-5-4-6-8-13/h4-8H,9-10H2,1-3H3,(H,18,19). The van der Waals surface area contributed by atoms with Gasteiger partial charge in [0.15, 0.2) is 0 Å². The topological polar surface area (TPSA) is 66.8 Å². The van der Waals surface area contributed by atoms with Crippen LogP contribution in [-0.2, 0) is 9.59 Å². The van der Waals surface area contributed by atoms with Gasteiger partial charge < -0.3 is 14.7 Å². The molecule has 0 heterocycles. The number of hydrogen-bond donors (Lipinski definition) is 1. The van der Waals surface area contributed by atoms with E-state index < -0.39 is 5.97 Å². The summed E-state index contributed by atoms with van der Waals surface area (Å²) in [5.41, 5.74) is 0.297. The summed E-state index contributed by atoms with van der Waals surface area (Å²) in [6.45, 7) is 3.67. The van der Waals surface area contributed by atoms with Gasteiger partial charge in [-0.2, -0.15) is 0 Å². The van der Waals surface area contributed by atoms with E-state index in [9.17, 15) is 9.59 Å². The molecule has 0 unspecified atom stereocenters. The number of carboxylic acid groups (broad SMARTS) is 1. The molecule has 20 heavy (non-hydrogen) atoms. The van der Waals surface area contributed by atoms with E-state index in [0.717, 1.165) is 5.75 Å². The molecule has 0 aromatic heterocycles. The van der Waals surface area contributed by atoms with Gasteiger partial charge in [-0.05, 0) is 26.0 Å². The Kier molecular flexibility index (Phi) is 5.77. The maximum atomic E-state index is 12.0. The van der Waals surface area contributed by atoms with Crippen LogP contribution in [0.3, 0.4) is 0 Å². The molecule has 108 valence electrons. The summed E-state index contributed by atoms with van der Waals surface area (Å²) in [4.78, 5) is 24.2. The van der Waals surface area contributed by atoms with Gasteiger partial charge in [-0.1, -0.05) is 18.2 Å². The number of amides is 1. The first kappa shape index (κ1) is 15.8. The van der Waals surface area contributed by atoms with E-state index in [1.165, 1.54) is 18.7 Å². The Morgan fingerprint density at radius 1 is 1.15 bits per heavy atom. The van der Waals surface area contributed by atoms with Crippen LogP contribution in [-0.4, -0.2) is 42.1 Å². The summed E-state index contributed by atoms with van der Waals surface area (Å²) >= 11 is 0. The lowest BCUT2D eigenvalue weighted by Gasteiger charge is -2.18. The third-order valence-corrected chi connectivity index (χ3v) is 2.99. The SMILES string of the molecule is CC(C(=O)O)=C(C)C(=O)N(C)CCOc1ccccc1. The van der Waals surface area contributed by atoms with Crippen LogP contribution in [0.25, 0.3) is 0 Å². The average molecular weight is 277 g/mol. The van der Waals surface area contributed by atoms with Crippen molar-refractivity contribution in [3.63, 3.8) is 0 Å². The lowest BCUT2D eigenvalue weighted by Crippen LogP contribution is -2.32. The van der Waals surface area contributed by atoms with Gasteiger partial charge in [-0.3, -0.25) is 4.79 Å². The number of carbonyl (C=O) groups excluding carboxylic acids is 1. The van der Waals surface area contributed by atoms with Crippen molar-refractivity contribution >= 4 is 11.9 Å². The fourth-order valence-corrected chi connectivity index (χ4v) is 1.53. The van der Waals surface area contributed by atoms with Crippen LogP contribution in [0.1, 0.15) is 13.8 Å². The van der Waals surface area contributed by atoms with Gasteiger partial charge in [0.05, 0.1) is 6.54 Å². The van der Waals surface area contributed by atoms with Crippen molar-refractivity contribution in [1.82, 2.24) is 4.90 Å². The zero-order valence-electron chi connectivity index (χ0n) is 11.9. The van der Waals surface area contributed by atoms with Crippen LogP contribution in [0.5, 0.6) is 5.75 Å². The number of rotatable bonds is 6. The minimum Gasteiger partial charge on any atom is -0.492 e. The monoisotopic (exact) mass is 277 g/mol. The number of nitrogens with zero attached hydrogens (tertiary/aromatic N) is 1. The average Bonchev–Trinajstić information content (AvgIpc) is 2.45. The molecule has 0 aliphatic carbocycles. The van der Waals surface area contributed by atoms with Crippen LogP contribution in [0.4, 0.5) is 0 Å². The number of hydrogen-bond acceptors (Lipinski definition) is 3. The summed E-state index contributed by atoms with van der Waals surface area (Å²) in [5, 5.41) is 8.85. The molecule has 0 saturated carbocycles. The predicted molar refractivity (Wildman–Crippen MR) is 75.6 cm³/mol. The fraction of sp³-hybridized carbons (Fsp3) is 0.333. The Balaban J connectivity index is 2.51. The molecule has 0 saturated heterocycles. The van der Waals surface area contributed by atoms with Gasteiger partial charge in [0, 0.05) is 18.2 Å². The maximum absolute atomic E-state index is 12.0. The molecule has 5 heteroatoms. The van der Waals surface area contributed by atoms with Crippen molar-refractivity contribution in [2.24, 2.45) is 0 Å². The number of para-hydroxylation sites is 1. The van der Waals surface area contributed by atoms with Crippen molar-refractivity contribution in [2.75, 3.05) is 20.2 Å². The smallest absolute Gasteiger partial charge is 0.331 e. The van der Waals surface area contributed by atoms with Crippen molar-refractivity contribution < 1.29 is 19.4 Å².